The van der Waals surface area contributed by atoms with Crippen LogP contribution in [0, 0.1) is 0 Å². The first-order chi connectivity index (χ1) is 4.66. The number of aliphatic carboxylic acids is 1. The zero-order valence-corrected chi connectivity index (χ0v) is 5.49. The van der Waals surface area contributed by atoms with Crippen molar-refractivity contribution < 1.29 is 24.5 Å². The van der Waals surface area contributed by atoms with Crippen molar-refractivity contribution >= 4 is 11.9 Å². The van der Waals surface area contributed by atoms with E-state index < -0.39 is 18.4 Å². The standard InChI is InChI=1S/C5H8O5/c1-2-9-10-5(8)3-4(6)7/h2-3H2,1H3,(H,6,7). The molecule has 0 saturated carbocycles. The van der Waals surface area contributed by atoms with E-state index in [1.807, 2.05) is 0 Å². The van der Waals surface area contributed by atoms with Crippen molar-refractivity contribution in [1.29, 1.82) is 0 Å². The summed E-state index contributed by atoms with van der Waals surface area (Å²) in [5, 5.41) is 8.03. The summed E-state index contributed by atoms with van der Waals surface area (Å²) in [7, 11) is 0. The third kappa shape index (κ3) is 5.04. The zero-order chi connectivity index (χ0) is 7.98. The van der Waals surface area contributed by atoms with Gasteiger partial charge in [-0.1, -0.05) is 0 Å². The maximum Gasteiger partial charge on any atom is 0.353 e. The van der Waals surface area contributed by atoms with Gasteiger partial charge in [-0.15, -0.1) is 0 Å². The average molecular weight is 148 g/mol. The molecule has 0 heterocycles. The van der Waals surface area contributed by atoms with E-state index in [0.717, 1.165) is 0 Å². The summed E-state index contributed by atoms with van der Waals surface area (Å²) < 4.78 is 0. The Bertz CT molecular complexity index is 130. The highest BCUT2D eigenvalue weighted by molar-refractivity contribution is 5.89. The topological polar surface area (TPSA) is 72.8 Å². The van der Waals surface area contributed by atoms with Crippen LogP contribution in [0.4, 0.5) is 0 Å². The van der Waals surface area contributed by atoms with Gasteiger partial charge >= 0.3 is 11.9 Å². The first kappa shape index (κ1) is 8.90. The molecule has 0 unspecified atom stereocenters. The normalized spacial score (nSPS) is 8.90. The fraction of sp³-hybridized carbons (Fsp3) is 0.600. The van der Waals surface area contributed by atoms with Gasteiger partial charge in [0.1, 0.15) is 6.42 Å². The van der Waals surface area contributed by atoms with E-state index in [1.54, 1.807) is 6.92 Å². The Morgan fingerprint density at radius 2 is 2.10 bits per heavy atom. The molecular formula is C5H8O5. The molecule has 0 aliphatic rings. The SMILES string of the molecule is CCOOC(=O)CC(=O)O. The van der Waals surface area contributed by atoms with Crippen molar-refractivity contribution in [3.05, 3.63) is 0 Å². The molecule has 0 aliphatic heterocycles. The van der Waals surface area contributed by atoms with E-state index in [-0.39, 0.29) is 6.61 Å². The highest BCUT2D eigenvalue weighted by Gasteiger charge is 2.08. The van der Waals surface area contributed by atoms with Gasteiger partial charge in [-0.05, 0) is 6.92 Å². The second-order valence-electron chi connectivity index (χ2n) is 1.43. The van der Waals surface area contributed by atoms with Crippen LogP contribution in [0.5, 0.6) is 0 Å². The highest BCUT2D eigenvalue weighted by atomic mass is 17.2. The van der Waals surface area contributed by atoms with Gasteiger partial charge in [0.05, 0.1) is 6.61 Å². The van der Waals surface area contributed by atoms with Gasteiger partial charge in [-0.25, -0.2) is 4.79 Å². The Kier molecular flexibility index (Phi) is 4.23. The van der Waals surface area contributed by atoms with Gasteiger partial charge in [-0.3, -0.25) is 9.68 Å². The summed E-state index contributed by atoms with van der Waals surface area (Å²) in [6, 6.07) is 0. The summed E-state index contributed by atoms with van der Waals surface area (Å²) >= 11 is 0. The molecule has 0 saturated heterocycles. The van der Waals surface area contributed by atoms with Crippen molar-refractivity contribution in [3.63, 3.8) is 0 Å². The smallest absolute Gasteiger partial charge is 0.353 e. The molecule has 0 aliphatic carbocycles. The third-order valence-electron chi connectivity index (χ3n) is 0.565. The van der Waals surface area contributed by atoms with Crippen molar-refractivity contribution in [2.24, 2.45) is 0 Å². The predicted molar refractivity (Wildman–Crippen MR) is 30.0 cm³/mol. The van der Waals surface area contributed by atoms with E-state index in [9.17, 15) is 9.59 Å². The average Bonchev–Trinajstić information content (AvgIpc) is 1.82. The van der Waals surface area contributed by atoms with Crippen molar-refractivity contribution in [2.45, 2.75) is 13.3 Å². The molecule has 0 rings (SSSR count). The minimum Gasteiger partial charge on any atom is -0.481 e. The van der Waals surface area contributed by atoms with Gasteiger partial charge in [0.2, 0.25) is 0 Å². The van der Waals surface area contributed by atoms with Gasteiger partial charge < -0.3 is 5.11 Å². The molecule has 0 bridgehead atoms. The largest absolute Gasteiger partial charge is 0.481 e. The van der Waals surface area contributed by atoms with Crippen molar-refractivity contribution in [1.82, 2.24) is 0 Å². The lowest BCUT2D eigenvalue weighted by atomic mass is 10.5. The molecule has 5 nitrogen and oxygen atoms in total. The fourth-order valence-corrected chi connectivity index (χ4v) is 0.278. The van der Waals surface area contributed by atoms with Crippen LogP contribution < -0.4 is 0 Å². The summed E-state index contributed by atoms with van der Waals surface area (Å²) in [5.74, 6) is -2.13. The minimum absolute atomic E-state index is 0.214. The molecule has 0 atom stereocenters. The number of carbonyl (C=O) groups is 2. The molecular weight excluding hydrogens is 140 g/mol. The summed E-state index contributed by atoms with van der Waals surface area (Å²) in [6.07, 6.45) is -0.667. The molecule has 0 spiro atoms. The number of carboxylic acid groups (broad SMARTS) is 1. The van der Waals surface area contributed by atoms with Crippen molar-refractivity contribution in [2.75, 3.05) is 6.61 Å². The molecule has 0 aromatic carbocycles. The summed E-state index contributed by atoms with van der Waals surface area (Å²) in [5.41, 5.74) is 0. The number of rotatable bonds is 4. The Labute approximate surface area is 57.5 Å². The van der Waals surface area contributed by atoms with Crippen LogP contribution in [0.15, 0.2) is 0 Å². The Balaban J connectivity index is 3.35. The third-order valence-corrected chi connectivity index (χ3v) is 0.565. The molecule has 0 aromatic heterocycles. The van der Waals surface area contributed by atoms with Gasteiger partial charge in [0.25, 0.3) is 0 Å². The molecule has 0 radical (unpaired) electrons. The number of carbonyl (C=O) groups excluding carboxylic acids is 1. The zero-order valence-electron chi connectivity index (χ0n) is 5.49. The van der Waals surface area contributed by atoms with Gasteiger partial charge in [0, 0.05) is 0 Å². The second-order valence-corrected chi connectivity index (χ2v) is 1.43. The van der Waals surface area contributed by atoms with E-state index in [4.69, 9.17) is 5.11 Å². The van der Waals surface area contributed by atoms with Crippen LogP contribution in [0.1, 0.15) is 13.3 Å². The van der Waals surface area contributed by atoms with Crippen LogP contribution in [0.25, 0.3) is 0 Å². The lowest BCUT2D eigenvalue weighted by Gasteiger charge is -1.96. The van der Waals surface area contributed by atoms with Gasteiger partial charge in [0.15, 0.2) is 0 Å². The van der Waals surface area contributed by atoms with Crippen LogP contribution >= 0.6 is 0 Å². The molecule has 1 N–H and O–H groups in total. The first-order valence-electron chi connectivity index (χ1n) is 2.71. The van der Waals surface area contributed by atoms with Crippen LogP contribution in [-0.4, -0.2) is 23.7 Å². The second kappa shape index (κ2) is 4.75. The van der Waals surface area contributed by atoms with E-state index in [0.29, 0.717) is 0 Å². The first-order valence-corrected chi connectivity index (χ1v) is 2.71. The Morgan fingerprint density at radius 3 is 2.50 bits per heavy atom. The van der Waals surface area contributed by atoms with E-state index in [2.05, 4.69) is 9.78 Å². The number of hydrogen-bond acceptors (Lipinski definition) is 4. The highest BCUT2D eigenvalue weighted by Crippen LogP contribution is 1.86. The summed E-state index contributed by atoms with van der Waals surface area (Å²) in [4.78, 5) is 28.3. The lowest BCUT2D eigenvalue weighted by molar-refractivity contribution is -0.269. The maximum atomic E-state index is 10.3. The molecule has 0 amide bonds. The quantitative estimate of drug-likeness (QED) is 0.344. The lowest BCUT2D eigenvalue weighted by Crippen LogP contribution is -2.10. The maximum absolute atomic E-state index is 10.3. The molecule has 5 heteroatoms. The number of carboxylic acids is 1. The Hall–Kier alpha value is -1.10. The predicted octanol–water partition coefficient (Wildman–Crippen LogP) is -0.0442. The Morgan fingerprint density at radius 1 is 1.50 bits per heavy atom. The van der Waals surface area contributed by atoms with Crippen molar-refractivity contribution in [3.8, 4) is 0 Å². The van der Waals surface area contributed by atoms with Crippen LogP contribution in [-0.2, 0) is 19.4 Å². The molecule has 58 valence electrons. The molecule has 0 aromatic rings. The van der Waals surface area contributed by atoms with Crippen LogP contribution in [0.3, 0.4) is 0 Å². The minimum atomic E-state index is -1.23. The van der Waals surface area contributed by atoms with Crippen LogP contribution in [0.2, 0.25) is 0 Å². The molecule has 10 heavy (non-hydrogen) atoms. The van der Waals surface area contributed by atoms with E-state index in [1.165, 1.54) is 0 Å². The number of hydrogen-bond donors (Lipinski definition) is 1. The summed E-state index contributed by atoms with van der Waals surface area (Å²) in [6.45, 7) is 1.83. The molecule has 0 fully saturated rings. The fourth-order valence-electron chi connectivity index (χ4n) is 0.278. The van der Waals surface area contributed by atoms with Gasteiger partial charge in [-0.2, -0.15) is 4.89 Å². The monoisotopic (exact) mass is 148 g/mol. The van der Waals surface area contributed by atoms with E-state index >= 15 is 0 Å².